The Morgan fingerprint density at radius 3 is 2.31 bits per heavy atom. The first-order valence-electron chi connectivity index (χ1n) is 16.8. The number of halogens is 2. The molecular formula is C36H47ClFN5O5. The number of para-hydroxylation sites is 1. The van der Waals surface area contributed by atoms with Crippen LogP contribution in [0.4, 0.5) is 10.1 Å². The number of carbonyl (C=O) groups is 3. The first kappa shape index (κ1) is 35.9. The summed E-state index contributed by atoms with van der Waals surface area (Å²) in [5, 5.41) is 15.9. The molecule has 2 aliphatic heterocycles. The summed E-state index contributed by atoms with van der Waals surface area (Å²) in [6, 6.07) is 10.1. The van der Waals surface area contributed by atoms with E-state index in [4.69, 9.17) is 16.3 Å². The number of hydrogen-bond donors (Lipinski definition) is 3. The summed E-state index contributed by atoms with van der Waals surface area (Å²) in [4.78, 5) is 43.4. The standard InChI is InChI=1S/C34H40ClFN4O5.C2H7N/c1-21-18-40(19-21)34(39-13-5-6-14-39,45-24-11-9-22(10-12-24)33(43)44)31(41)16-23-15-27(35)29(17-28(23)36)37-32(42)26-20-38(2)30-8-4-3-7-25(26)30;1-3-2/h3-4,7-8,15,17,20-22,24H,5-6,9-14,16,18-19H2,1-2H3,(H,37,42)(H,43,44);3H,1-2H3. The number of nitrogens with one attached hydrogen (secondary N) is 2. The van der Waals surface area contributed by atoms with Gasteiger partial charge in [0.1, 0.15) is 5.82 Å². The van der Waals surface area contributed by atoms with Gasteiger partial charge in [0, 0.05) is 56.7 Å². The molecule has 3 N–H and O–H groups in total. The molecule has 2 saturated heterocycles. The topological polar surface area (TPSA) is 116 Å². The lowest BCUT2D eigenvalue weighted by Gasteiger charge is -2.55. The number of amides is 1. The Morgan fingerprint density at radius 2 is 1.69 bits per heavy atom. The molecule has 3 aliphatic rings. The largest absolute Gasteiger partial charge is 0.481 e. The molecular weight excluding hydrogens is 637 g/mol. The first-order valence-corrected chi connectivity index (χ1v) is 17.2. The molecule has 1 saturated carbocycles. The third-order valence-electron chi connectivity index (χ3n) is 9.62. The van der Waals surface area contributed by atoms with Crippen molar-refractivity contribution in [3.05, 3.63) is 64.6 Å². The van der Waals surface area contributed by atoms with Gasteiger partial charge in [-0.05, 0) is 82.3 Å². The molecule has 1 aliphatic carbocycles. The van der Waals surface area contributed by atoms with Gasteiger partial charge in [0.15, 0.2) is 5.78 Å². The summed E-state index contributed by atoms with van der Waals surface area (Å²) in [6.45, 7) is 4.84. The average Bonchev–Trinajstić information content (AvgIpc) is 3.70. The molecule has 48 heavy (non-hydrogen) atoms. The van der Waals surface area contributed by atoms with Crippen molar-refractivity contribution in [3.63, 3.8) is 0 Å². The zero-order valence-corrected chi connectivity index (χ0v) is 29.0. The Balaban J connectivity index is 0.00000145. The van der Waals surface area contributed by atoms with Crippen molar-refractivity contribution >= 4 is 45.9 Å². The number of anilines is 1. The third-order valence-corrected chi connectivity index (χ3v) is 9.93. The molecule has 6 rings (SSSR count). The highest BCUT2D eigenvalue weighted by molar-refractivity contribution is 6.34. The lowest BCUT2D eigenvalue weighted by atomic mass is 9.87. The van der Waals surface area contributed by atoms with Gasteiger partial charge in [0.2, 0.25) is 5.85 Å². The van der Waals surface area contributed by atoms with Gasteiger partial charge in [-0.1, -0.05) is 36.7 Å². The van der Waals surface area contributed by atoms with Crippen molar-refractivity contribution in [3.8, 4) is 0 Å². The number of aliphatic carboxylic acids is 1. The number of Topliss-reactive ketones (excluding diaryl/α,β-unsaturated/α-hetero) is 1. The maximum absolute atomic E-state index is 15.7. The molecule has 0 spiro atoms. The molecule has 2 aromatic carbocycles. The number of rotatable bonds is 10. The van der Waals surface area contributed by atoms with E-state index in [9.17, 15) is 19.5 Å². The number of benzene rings is 2. The van der Waals surface area contributed by atoms with E-state index in [1.54, 1.807) is 6.20 Å². The number of likely N-dealkylation sites (tertiary alicyclic amines) is 2. The second-order valence-corrected chi connectivity index (χ2v) is 13.8. The molecule has 1 atom stereocenters. The summed E-state index contributed by atoms with van der Waals surface area (Å²) in [5.41, 5.74) is 1.59. The molecule has 1 aromatic heterocycles. The Bertz CT molecular complexity index is 1630. The number of hydrogen-bond acceptors (Lipinski definition) is 7. The molecule has 12 heteroatoms. The number of nitrogens with zero attached hydrogens (tertiary/aromatic N) is 3. The highest BCUT2D eigenvalue weighted by Gasteiger charge is 2.55. The summed E-state index contributed by atoms with van der Waals surface area (Å²) < 4.78 is 24.4. The molecule has 3 heterocycles. The van der Waals surface area contributed by atoms with Gasteiger partial charge in [-0.3, -0.25) is 24.2 Å². The van der Waals surface area contributed by atoms with Crippen LogP contribution in [0.2, 0.25) is 5.02 Å². The quantitative estimate of drug-likeness (QED) is 0.256. The number of carboxylic acids is 1. The highest BCUT2D eigenvalue weighted by atomic mass is 35.5. The number of carboxylic acid groups (broad SMARTS) is 1. The van der Waals surface area contributed by atoms with E-state index >= 15 is 4.39 Å². The van der Waals surface area contributed by atoms with Gasteiger partial charge < -0.3 is 25.0 Å². The number of ketones is 1. The minimum atomic E-state index is -1.36. The predicted molar refractivity (Wildman–Crippen MR) is 185 cm³/mol. The zero-order valence-electron chi connectivity index (χ0n) is 28.2. The monoisotopic (exact) mass is 683 g/mol. The second-order valence-electron chi connectivity index (χ2n) is 13.4. The lowest BCUT2D eigenvalue weighted by molar-refractivity contribution is -0.274. The number of fused-ring (bicyclic) bond motifs is 1. The Kier molecular flexibility index (Phi) is 11.6. The summed E-state index contributed by atoms with van der Waals surface area (Å²) in [6.07, 6.45) is 5.16. The van der Waals surface area contributed by atoms with Crippen LogP contribution in [-0.2, 0) is 27.8 Å². The highest BCUT2D eigenvalue weighted by Crippen LogP contribution is 2.39. The molecule has 260 valence electrons. The fraction of sp³-hybridized carbons (Fsp3) is 0.528. The molecule has 3 fully saturated rings. The van der Waals surface area contributed by atoms with Crippen molar-refractivity contribution in [2.24, 2.45) is 18.9 Å². The summed E-state index contributed by atoms with van der Waals surface area (Å²) in [5.74, 6) is -3.49. The Morgan fingerprint density at radius 1 is 1.04 bits per heavy atom. The van der Waals surface area contributed by atoms with Gasteiger partial charge >= 0.3 is 5.97 Å². The maximum Gasteiger partial charge on any atom is 0.306 e. The molecule has 10 nitrogen and oxygen atoms in total. The third kappa shape index (κ3) is 7.45. The van der Waals surface area contributed by atoms with Crippen LogP contribution < -0.4 is 10.6 Å². The number of ether oxygens (including phenoxy) is 1. The van der Waals surface area contributed by atoms with E-state index in [0.717, 1.165) is 23.7 Å². The molecule has 1 amide bonds. The minimum absolute atomic E-state index is 0.122. The molecule has 0 bridgehead atoms. The van der Waals surface area contributed by atoms with Crippen LogP contribution in [0, 0.1) is 17.7 Å². The van der Waals surface area contributed by atoms with E-state index in [1.807, 2.05) is 50.0 Å². The van der Waals surface area contributed by atoms with Gasteiger partial charge in [-0.15, -0.1) is 0 Å². The van der Waals surface area contributed by atoms with Crippen LogP contribution >= 0.6 is 11.6 Å². The van der Waals surface area contributed by atoms with Crippen molar-refractivity contribution in [2.45, 2.75) is 63.8 Å². The first-order chi connectivity index (χ1) is 23.0. The predicted octanol–water partition coefficient (Wildman–Crippen LogP) is 5.53. The van der Waals surface area contributed by atoms with Gasteiger partial charge in [-0.25, -0.2) is 4.39 Å². The smallest absolute Gasteiger partial charge is 0.306 e. The van der Waals surface area contributed by atoms with E-state index in [-0.39, 0.29) is 34.6 Å². The van der Waals surface area contributed by atoms with Gasteiger partial charge in [-0.2, -0.15) is 0 Å². The van der Waals surface area contributed by atoms with Crippen LogP contribution in [0.25, 0.3) is 10.9 Å². The Labute approximate surface area is 286 Å². The Hall–Kier alpha value is -3.35. The average molecular weight is 684 g/mol. The van der Waals surface area contributed by atoms with E-state index in [1.165, 1.54) is 12.1 Å². The number of carbonyl (C=O) groups excluding carboxylic acids is 2. The summed E-state index contributed by atoms with van der Waals surface area (Å²) >= 11 is 6.60. The van der Waals surface area contributed by atoms with E-state index in [0.29, 0.717) is 63.3 Å². The van der Waals surface area contributed by atoms with Crippen LogP contribution in [0.15, 0.2) is 42.6 Å². The van der Waals surface area contributed by atoms with E-state index in [2.05, 4.69) is 27.4 Å². The van der Waals surface area contributed by atoms with Crippen molar-refractivity contribution in [1.82, 2.24) is 19.7 Å². The fourth-order valence-electron chi connectivity index (χ4n) is 7.21. The lowest BCUT2D eigenvalue weighted by Crippen LogP contribution is -2.72. The van der Waals surface area contributed by atoms with Crippen LogP contribution in [0.3, 0.4) is 0 Å². The fourth-order valence-corrected chi connectivity index (χ4v) is 7.45. The van der Waals surface area contributed by atoms with Crippen molar-refractivity contribution < 1.29 is 28.6 Å². The van der Waals surface area contributed by atoms with Crippen LogP contribution in [0.1, 0.15) is 61.4 Å². The van der Waals surface area contributed by atoms with Crippen molar-refractivity contribution in [2.75, 3.05) is 45.6 Å². The summed E-state index contributed by atoms with van der Waals surface area (Å²) in [7, 11) is 5.60. The number of aryl methyl sites for hydroxylation is 1. The molecule has 1 unspecified atom stereocenters. The minimum Gasteiger partial charge on any atom is -0.481 e. The van der Waals surface area contributed by atoms with Gasteiger partial charge in [0.25, 0.3) is 5.91 Å². The van der Waals surface area contributed by atoms with Crippen LogP contribution in [0.5, 0.6) is 0 Å². The maximum atomic E-state index is 15.7. The van der Waals surface area contributed by atoms with Gasteiger partial charge in [0.05, 0.1) is 28.3 Å². The van der Waals surface area contributed by atoms with Crippen molar-refractivity contribution in [1.29, 1.82) is 0 Å². The molecule has 3 aromatic rings. The molecule has 0 radical (unpaired) electrons. The zero-order chi connectivity index (χ0) is 34.6. The second kappa shape index (κ2) is 15.5. The number of aromatic nitrogens is 1. The normalized spacial score (nSPS) is 21.6. The SMILES string of the molecule is CC1CN(C(OC2CCC(C(=O)O)CC2)(C(=O)Cc2cc(Cl)c(NC(=O)c3cn(C)c4ccccc34)cc2F)N2CCCC2)C1.CNC. The van der Waals surface area contributed by atoms with Crippen LogP contribution in [-0.4, -0.2) is 89.4 Å². The van der Waals surface area contributed by atoms with E-state index < -0.39 is 29.5 Å².